The lowest BCUT2D eigenvalue weighted by atomic mass is 9.83. The molecule has 2 heteroatoms. The zero-order valence-electron chi connectivity index (χ0n) is 8.93. The van der Waals surface area contributed by atoms with Crippen LogP contribution in [0.1, 0.15) is 44.9 Å². The van der Waals surface area contributed by atoms with Crippen molar-refractivity contribution in [1.29, 1.82) is 0 Å². The largest absolute Gasteiger partial charge is 0.310 e. The summed E-state index contributed by atoms with van der Waals surface area (Å²) in [4.78, 5) is 0. The van der Waals surface area contributed by atoms with E-state index in [0.717, 1.165) is 17.5 Å². The van der Waals surface area contributed by atoms with Crippen molar-refractivity contribution in [2.24, 2.45) is 5.41 Å². The zero-order valence-corrected chi connectivity index (χ0v) is 9.74. The molecule has 0 aromatic rings. The molecule has 3 aliphatic rings. The van der Waals surface area contributed by atoms with Crippen molar-refractivity contribution < 1.29 is 0 Å². The van der Waals surface area contributed by atoms with Crippen molar-refractivity contribution in [3.05, 3.63) is 0 Å². The first-order valence-corrected chi connectivity index (χ1v) is 7.36. The molecule has 1 atom stereocenters. The molecule has 0 aromatic heterocycles. The van der Waals surface area contributed by atoms with E-state index in [1.807, 2.05) is 0 Å². The van der Waals surface area contributed by atoms with E-state index in [-0.39, 0.29) is 0 Å². The maximum Gasteiger partial charge on any atom is 0.0168 e. The summed E-state index contributed by atoms with van der Waals surface area (Å²) in [7, 11) is 0. The van der Waals surface area contributed by atoms with Crippen molar-refractivity contribution in [2.45, 2.75) is 57.0 Å². The predicted octanol–water partition coefficient (Wildman–Crippen LogP) is 2.80. The van der Waals surface area contributed by atoms with Gasteiger partial charge in [0.2, 0.25) is 0 Å². The van der Waals surface area contributed by atoms with Gasteiger partial charge in [-0.25, -0.2) is 0 Å². The van der Waals surface area contributed by atoms with Crippen LogP contribution in [-0.4, -0.2) is 23.6 Å². The van der Waals surface area contributed by atoms with Crippen LogP contribution < -0.4 is 5.32 Å². The normalized spacial score (nSPS) is 36.4. The van der Waals surface area contributed by atoms with Gasteiger partial charge < -0.3 is 5.32 Å². The summed E-state index contributed by atoms with van der Waals surface area (Å²) >= 11 is 2.12. The van der Waals surface area contributed by atoms with Crippen molar-refractivity contribution in [1.82, 2.24) is 5.32 Å². The zero-order chi connectivity index (χ0) is 9.43. The molecule has 1 nitrogen and oxygen atoms in total. The van der Waals surface area contributed by atoms with Crippen LogP contribution in [0.2, 0.25) is 0 Å². The predicted molar refractivity (Wildman–Crippen MR) is 62.8 cm³/mol. The van der Waals surface area contributed by atoms with E-state index in [0.29, 0.717) is 0 Å². The van der Waals surface area contributed by atoms with Crippen LogP contribution in [0.5, 0.6) is 0 Å². The fourth-order valence-corrected chi connectivity index (χ4v) is 4.24. The van der Waals surface area contributed by atoms with Gasteiger partial charge in [0.15, 0.2) is 0 Å². The molecule has 14 heavy (non-hydrogen) atoms. The Morgan fingerprint density at radius 1 is 0.929 bits per heavy atom. The number of rotatable bonds is 2. The molecule has 2 saturated carbocycles. The molecule has 0 bridgehead atoms. The lowest BCUT2D eigenvalue weighted by Crippen LogP contribution is -2.40. The van der Waals surface area contributed by atoms with Crippen LogP contribution in [-0.2, 0) is 0 Å². The van der Waals surface area contributed by atoms with Crippen LogP contribution in [0.25, 0.3) is 0 Å². The molecule has 2 aliphatic carbocycles. The number of thioether (sulfide) groups is 1. The van der Waals surface area contributed by atoms with Crippen LogP contribution in [0.3, 0.4) is 0 Å². The minimum absolute atomic E-state index is 0.846. The highest BCUT2D eigenvalue weighted by molar-refractivity contribution is 7.99. The highest BCUT2D eigenvalue weighted by Gasteiger charge is 2.44. The summed E-state index contributed by atoms with van der Waals surface area (Å²) in [6, 6.07) is 1.71. The quantitative estimate of drug-likeness (QED) is 0.754. The van der Waals surface area contributed by atoms with E-state index in [9.17, 15) is 0 Å². The molecule has 0 radical (unpaired) electrons. The lowest BCUT2D eigenvalue weighted by molar-refractivity contribution is 0.262. The molecular weight excluding hydrogens is 190 g/mol. The van der Waals surface area contributed by atoms with Gasteiger partial charge in [0.05, 0.1) is 0 Å². The molecule has 1 unspecified atom stereocenters. The monoisotopic (exact) mass is 211 g/mol. The summed E-state index contributed by atoms with van der Waals surface area (Å²) < 4.78 is 0. The number of nitrogens with one attached hydrogen (secondary N) is 1. The van der Waals surface area contributed by atoms with Crippen LogP contribution in [0.15, 0.2) is 0 Å². The molecule has 1 saturated heterocycles. The Labute approximate surface area is 91.4 Å². The first kappa shape index (κ1) is 9.53. The maximum absolute atomic E-state index is 3.86. The Morgan fingerprint density at radius 2 is 1.71 bits per heavy atom. The fourth-order valence-electron chi connectivity index (χ4n) is 3.07. The molecule has 1 aliphatic heterocycles. The van der Waals surface area contributed by atoms with Gasteiger partial charge in [0.1, 0.15) is 0 Å². The molecule has 0 amide bonds. The third kappa shape index (κ3) is 1.96. The second-order valence-corrected chi connectivity index (χ2v) is 6.65. The molecule has 1 spiro atoms. The number of hydrogen-bond acceptors (Lipinski definition) is 2. The van der Waals surface area contributed by atoms with Crippen molar-refractivity contribution >= 4 is 11.8 Å². The van der Waals surface area contributed by atoms with Crippen molar-refractivity contribution in [3.8, 4) is 0 Å². The summed E-state index contributed by atoms with van der Waals surface area (Å²) in [6.07, 6.45) is 10.4. The second-order valence-electron chi connectivity index (χ2n) is 5.50. The van der Waals surface area contributed by atoms with E-state index in [4.69, 9.17) is 0 Å². The first-order valence-electron chi connectivity index (χ1n) is 6.20. The molecule has 80 valence electrons. The van der Waals surface area contributed by atoms with E-state index in [2.05, 4.69) is 17.1 Å². The minimum Gasteiger partial charge on any atom is -0.310 e. The van der Waals surface area contributed by atoms with Crippen LogP contribution >= 0.6 is 11.8 Å². The molecule has 1 heterocycles. The van der Waals surface area contributed by atoms with Crippen molar-refractivity contribution in [2.75, 3.05) is 11.5 Å². The highest BCUT2D eigenvalue weighted by Crippen LogP contribution is 2.56. The van der Waals surface area contributed by atoms with E-state index >= 15 is 0 Å². The SMILES string of the molecule is C1CC(NC2CCC3(CC2)CC3)CS1. The lowest BCUT2D eigenvalue weighted by Gasteiger charge is -2.31. The topological polar surface area (TPSA) is 12.0 Å². The first-order chi connectivity index (χ1) is 6.86. The smallest absolute Gasteiger partial charge is 0.0168 e. The van der Waals surface area contributed by atoms with Gasteiger partial charge in [-0.3, -0.25) is 0 Å². The standard InChI is InChI=1S/C12H21NS/c1-4-12(6-7-12)5-2-10(1)13-11-3-8-14-9-11/h10-11,13H,1-9H2. The Morgan fingerprint density at radius 3 is 2.29 bits per heavy atom. The molecule has 3 fully saturated rings. The third-order valence-electron chi connectivity index (χ3n) is 4.40. The molecule has 3 rings (SSSR count). The molecule has 1 N–H and O–H groups in total. The maximum atomic E-state index is 3.86. The third-order valence-corrected chi connectivity index (χ3v) is 5.57. The van der Waals surface area contributed by atoms with E-state index in [1.165, 1.54) is 43.6 Å². The van der Waals surface area contributed by atoms with Gasteiger partial charge in [0, 0.05) is 17.8 Å². The van der Waals surface area contributed by atoms with Crippen molar-refractivity contribution in [3.63, 3.8) is 0 Å². The van der Waals surface area contributed by atoms with Crippen LogP contribution in [0, 0.1) is 5.41 Å². The van der Waals surface area contributed by atoms with Gasteiger partial charge in [0.25, 0.3) is 0 Å². The summed E-state index contributed by atoms with van der Waals surface area (Å²) in [5.41, 5.74) is 0.864. The van der Waals surface area contributed by atoms with Gasteiger partial charge in [-0.2, -0.15) is 11.8 Å². The average molecular weight is 211 g/mol. The van der Waals surface area contributed by atoms with Gasteiger partial charge in [-0.15, -0.1) is 0 Å². The fraction of sp³-hybridized carbons (Fsp3) is 1.00. The van der Waals surface area contributed by atoms with E-state index in [1.54, 1.807) is 12.8 Å². The Balaban J connectivity index is 1.45. The highest BCUT2D eigenvalue weighted by atomic mass is 32.2. The van der Waals surface area contributed by atoms with Gasteiger partial charge >= 0.3 is 0 Å². The Hall–Kier alpha value is 0.310. The average Bonchev–Trinajstić information content (AvgIpc) is 2.77. The Bertz CT molecular complexity index is 196. The van der Waals surface area contributed by atoms with E-state index < -0.39 is 0 Å². The van der Waals surface area contributed by atoms with Crippen LogP contribution in [0.4, 0.5) is 0 Å². The second kappa shape index (κ2) is 3.71. The summed E-state index contributed by atoms with van der Waals surface area (Å²) in [5.74, 6) is 2.75. The molecular formula is C12H21NS. The van der Waals surface area contributed by atoms with Gasteiger partial charge in [-0.05, 0) is 56.1 Å². The minimum atomic E-state index is 0.846. The summed E-state index contributed by atoms with van der Waals surface area (Å²) in [6.45, 7) is 0. The van der Waals surface area contributed by atoms with Gasteiger partial charge in [-0.1, -0.05) is 0 Å². The number of hydrogen-bond donors (Lipinski definition) is 1. The Kier molecular flexibility index (Phi) is 2.53. The summed E-state index contributed by atoms with van der Waals surface area (Å²) in [5, 5.41) is 3.86. The molecule has 0 aromatic carbocycles.